The fraction of sp³-hybridized carbons (Fsp3) is 0.308. The molecule has 0 aliphatic heterocycles. The fourth-order valence-corrected chi connectivity index (χ4v) is 3.44. The average Bonchev–Trinajstić information content (AvgIpc) is 3.03. The maximum absolute atomic E-state index is 13.1. The van der Waals surface area contributed by atoms with Gasteiger partial charge >= 0.3 is 0 Å². The van der Waals surface area contributed by atoms with Gasteiger partial charge in [-0.25, -0.2) is 8.78 Å². The van der Waals surface area contributed by atoms with Crippen LogP contribution in [0, 0.1) is 0 Å². The molecule has 0 N–H and O–H groups in total. The zero-order chi connectivity index (χ0) is 13.0. The van der Waals surface area contributed by atoms with Gasteiger partial charge < -0.3 is 0 Å². The first-order chi connectivity index (χ1) is 8.77. The van der Waals surface area contributed by atoms with E-state index in [0.29, 0.717) is 9.75 Å². The van der Waals surface area contributed by atoms with Gasteiger partial charge in [-0.3, -0.25) is 4.79 Å². The second-order valence-corrected chi connectivity index (χ2v) is 5.81. The summed E-state index contributed by atoms with van der Waals surface area (Å²) in [5.74, 6) is -2.05. The molecule has 96 valence electrons. The highest BCUT2D eigenvalue weighted by atomic mass is 32.1. The van der Waals surface area contributed by atoms with E-state index in [4.69, 9.17) is 0 Å². The smallest absolute Gasteiger partial charge is 0.154 e. The number of Topliss-reactive ketones (excluding diaryl/α,β-unsaturated/α-hetero) is 1. The minimum Gasteiger partial charge on any atom is -0.298 e. The quantitative estimate of drug-likeness (QED) is 0.778. The molecule has 2 atom stereocenters. The van der Waals surface area contributed by atoms with Gasteiger partial charge in [-0.1, -0.05) is 12.1 Å². The molecule has 18 heavy (non-hydrogen) atoms. The molecule has 5 heteroatoms. The summed E-state index contributed by atoms with van der Waals surface area (Å²) in [6, 6.07) is 6.98. The lowest BCUT2D eigenvalue weighted by Gasteiger charge is -2.16. The molecule has 0 amide bonds. The van der Waals surface area contributed by atoms with E-state index in [-0.39, 0.29) is 5.78 Å². The van der Waals surface area contributed by atoms with Crippen LogP contribution in [-0.4, -0.2) is 19.1 Å². The molecule has 0 fully saturated rings. The molecule has 0 saturated heterocycles. The average molecular weight is 286 g/mol. The number of hydrogen-bond acceptors (Lipinski definition) is 3. The van der Waals surface area contributed by atoms with Gasteiger partial charge in [0.1, 0.15) is 13.3 Å². The maximum Gasteiger partial charge on any atom is 0.154 e. The summed E-state index contributed by atoms with van der Waals surface area (Å²) in [5, 5.41) is 3.59. The molecule has 2 aromatic heterocycles. The lowest BCUT2D eigenvalue weighted by molar-refractivity contribution is -0.122. The summed E-state index contributed by atoms with van der Waals surface area (Å²) in [5.41, 5.74) is 0. The van der Waals surface area contributed by atoms with E-state index in [1.165, 1.54) is 22.7 Å². The van der Waals surface area contributed by atoms with Crippen LogP contribution in [0.2, 0.25) is 0 Å². The third kappa shape index (κ3) is 2.67. The number of thiophene rings is 2. The van der Waals surface area contributed by atoms with Gasteiger partial charge in [0.2, 0.25) is 0 Å². The number of halogens is 2. The van der Waals surface area contributed by atoms with Crippen LogP contribution in [-0.2, 0) is 4.79 Å². The SMILES string of the molecule is O=C(C(CF)c1cccs1)C(CF)c1cccs1. The van der Waals surface area contributed by atoms with Crippen molar-refractivity contribution in [3.63, 3.8) is 0 Å². The summed E-state index contributed by atoms with van der Waals surface area (Å²) in [6.07, 6.45) is 0. The molecule has 0 saturated carbocycles. The number of hydrogen-bond donors (Lipinski definition) is 0. The number of carbonyl (C=O) groups excluding carboxylic acids is 1. The van der Waals surface area contributed by atoms with Crippen LogP contribution in [0.3, 0.4) is 0 Å². The maximum atomic E-state index is 13.1. The van der Waals surface area contributed by atoms with Crippen molar-refractivity contribution in [1.29, 1.82) is 0 Å². The van der Waals surface area contributed by atoms with Crippen molar-refractivity contribution >= 4 is 28.5 Å². The molecule has 1 nitrogen and oxygen atoms in total. The predicted octanol–water partition coefficient (Wildman–Crippen LogP) is 4.19. The lowest BCUT2D eigenvalue weighted by Crippen LogP contribution is -2.22. The first-order valence-electron chi connectivity index (χ1n) is 5.50. The highest BCUT2D eigenvalue weighted by molar-refractivity contribution is 7.10. The van der Waals surface area contributed by atoms with Crippen LogP contribution >= 0.6 is 22.7 Å². The Labute approximate surface area is 112 Å². The van der Waals surface area contributed by atoms with Gasteiger partial charge in [0.15, 0.2) is 5.78 Å². The third-order valence-corrected chi connectivity index (χ3v) is 4.74. The van der Waals surface area contributed by atoms with Crippen molar-refractivity contribution in [2.24, 2.45) is 0 Å². The molecule has 0 bridgehead atoms. The van der Waals surface area contributed by atoms with E-state index in [9.17, 15) is 13.6 Å². The van der Waals surface area contributed by atoms with E-state index < -0.39 is 25.2 Å². The van der Waals surface area contributed by atoms with E-state index in [0.717, 1.165) is 0 Å². The number of carbonyl (C=O) groups is 1. The van der Waals surface area contributed by atoms with Crippen LogP contribution in [0.25, 0.3) is 0 Å². The Morgan fingerprint density at radius 3 is 1.72 bits per heavy atom. The Hall–Kier alpha value is -1.07. The van der Waals surface area contributed by atoms with Gasteiger partial charge in [-0.15, -0.1) is 22.7 Å². The zero-order valence-electron chi connectivity index (χ0n) is 9.51. The Kier molecular flexibility index (Phi) is 4.60. The van der Waals surface area contributed by atoms with Crippen molar-refractivity contribution in [2.45, 2.75) is 11.8 Å². The van der Waals surface area contributed by atoms with Crippen LogP contribution in [0.15, 0.2) is 35.0 Å². The second-order valence-electron chi connectivity index (χ2n) is 3.85. The van der Waals surface area contributed by atoms with Crippen molar-refractivity contribution in [3.8, 4) is 0 Å². The van der Waals surface area contributed by atoms with Gasteiger partial charge in [0, 0.05) is 9.75 Å². The normalized spacial score (nSPS) is 14.3. The van der Waals surface area contributed by atoms with Crippen LogP contribution in [0.5, 0.6) is 0 Å². The minimum absolute atomic E-state index is 0.370. The molecule has 2 rings (SSSR count). The van der Waals surface area contributed by atoms with Crippen molar-refractivity contribution < 1.29 is 13.6 Å². The van der Waals surface area contributed by atoms with Crippen LogP contribution < -0.4 is 0 Å². The molecular weight excluding hydrogens is 274 g/mol. The molecule has 0 aromatic carbocycles. The van der Waals surface area contributed by atoms with Gasteiger partial charge in [-0.2, -0.15) is 0 Å². The van der Waals surface area contributed by atoms with E-state index in [2.05, 4.69) is 0 Å². The molecule has 2 aromatic rings. The largest absolute Gasteiger partial charge is 0.298 e. The summed E-state index contributed by atoms with van der Waals surface area (Å²) >= 11 is 2.66. The third-order valence-electron chi connectivity index (χ3n) is 2.77. The minimum atomic E-state index is -0.840. The predicted molar refractivity (Wildman–Crippen MR) is 71.1 cm³/mol. The summed E-state index contributed by atoms with van der Waals surface area (Å²) in [6.45, 7) is -1.55. The standard InChI is InChI=1S/C13H12F2OS2/c14-7-9(11-3-1-5-17-11)13(16)10(8-15)12-4-2-6-18-12/h1-6,9-10H,7-8H2. The zero-order valence-corrected chi connectivity index (χ0v) is 11.1. The van der Waals surface area contributed by atoms with Gasteiger partial charge in [0.25, 0.3) is 0 Å². The molecule has 0 spiro atoms. The van der Waals surface area contributed by atoms with E-state index in [1.54, 1.807) is 35.0 Å². The van der Waals surface area contributed by atoms with Crippen molar-refractivity contribution in [2.75, 3.05) is 13.3 Å². The molecular formula is C13H12F2OS2. The summed E-state index contributed by atoms with van der Waals surface area (Å²) < 4.78 is 26.2. The lowest BCUT2D eigenvalue weighted by atomic mass is 9.92. The van der Waals surface area contributed by atoms with Crippen molar-refractivity contribution in [3.05, 3.63) is 44.8 Å². The summed E-state index contributed by atoms with van der Waals surface area (Å²) in [7, 11) is 0. The summed E-state index contributed by atoms with van der Waals surface area (Å²) in [4.78, 5) is 13.6. The second kappa shape index (κ2) is 6.20. The highest BCUT2D eigenvalue weighted by Crippen LogP contribution is 2.31. The Balaban J connectivity index is 2.23. The van der Waals surface area contributed by atoms with Crippen molar-refractivity contribution in [1.82, 2.24) is 0 Å². The van der Waals surface area contributed by atoms with E-state index in [1.807, 2.05) is 0 Å². The monoisotopic (exact) mass is 286 g/mol. The topological polar surface area (TPSA) is 17.1 Å². The number of rotatable bonds is 6. The number of ketones is 1. The van der Waals surface area contributed by atoms with Crippen LogP contribution in [0.4, 0.5) is 8.78 Å². The Bertz CT molecular complexity index is 435. The van der Waals surface area contributed by atoms with Gasteiger partial charge in [0.05, 0.1) is 11.8 Å². The highest BCUT2D eigenvalue weighted by Gasteiger charge is 2.30. The molecule has 2 unspecified atom stereocenters. The molecule has 0 radical (unpaired) electrons. The number of alkyl halides is 2. The first kappa shape index (κ1) is 13.4. The Morgan fingerprint density at radius 2 is 1.44 bits per heavy atom. The molecule has 0 aliphatic rings. The van der Waals surface area contributed by atoms with Crippen LogP contribution in [0.1, 0.15) is 21.6 Å². The van der Waals surface area contributed by atoms with E-state index >= 15 is 0 Å². The molecule has 0 aliphatic carbocycles. The molecule has 2 heterocycles. The van der Waals surface area contributed by atoms with Gasteiger partial charge in [-0.05, 0) is 22.9 Å². The first-order valence-corrected chi connectivity index (χ1v) is 7.26. The fourth-order valence-electron chi connectivity index (χ4n) is 1.81. The Morgan fingerprint density at radius 1 is 1.00 bits per heavy atom.